The van der Waals surface area contributed by atoms with E-state index < -0.39 is 64.3 Å². The Bertz CT molecular complexity index is 870. The lowest BCUT2D eigenvalue weighted by Crippen LogP contribution is -2.71. The molecule has 8 atom stereocenters. The third-order valence-electron chi connectivity index (χ3n) is 9.52. The number of halogens is 1. The van der Waals surface area contributed by atoms with Crippen molar-refractivity contribution in [1.82, 2.24) is 0 Å². The summed E-state index contributed by atoms with van der Waals surface area (Å²) in [7, 11) is 0. The smallest absolute Gasteiger partial charge is 0.303 e. The minimum atomic E-state index is -2.18. The molecule has 8 heteroatoms. The highest BCUT2D eigenvalue weighted by Gasteiger charge is 2.75. The van der Waals surface area contributed by atoms with Gasteiger partial charge in [-0.05, 0) is 50.0 Å². The standard InChI is InChI=1S/C23H31FO7/c1-20-10-17(27)23(24)16(15(20)5-6-22(20,31)18(28)11-25)4-3-12-7-14(26)8-13(9-19(29)30)21(12,23)2/h7,13,15-17,25,27,31H,3-6,8-11H2,1-2H3,(H,29,30)/t13?,15-,16-,17-,20-,21+,22-,23-/m0/s1. The van der Waals surface area contributed by atoms with Crippen LogP contribution in [0, 0.1) is 28.6 Å². The summed E-state index contributed by atoms with van der Waals surface area (Å²) in [5, 5.41) is 41.3. The summed E-state index contributed by atoms with van der Waals surface area (Å²) in [5.74, 6) is -3.96. The third-order valence-corrected chi connectivity index (χ3v) is 9.52. The summed E-state index contributed by atoms with van der Waals surface area (Å²) >= 11 is 0. The fourth-order valence-electron chi connectivity index (χ4n) is 7.86. The summed E-state index contributed by atoms with van der Waals surface area (Å²) in [4.78, 5) is 36.3. The number of carboxylic acids is 1. The Kier molecular flexibility index (Phi) is 5.04. The summed E-state index contributed by atoms with van der Waals surface area (Å²) in [6.45, 7) is 2.50. The zero-order valence-electron chi connectivity index (χ0n) is 17.9. The number of allylic oxidation sites excluding steroid dienone is 1. The number of hydrogen-bond acceptors (Lipinski definition) is 6. The zero-order valence-corrected chi connectivity index (χ0v) is 17.9. The molecule has 0 bridgehead atoms. The minimum Gasteiger partial charge on any atom is -0.481 e. The lowest BCUT2D eigenvalue weighted by atomic mass is 9.41. The van der Waals surface area contributed by atoms with Crippen molar-refractivity contribution in [2.45, 2.75) is 76.2 Å². The van der Waals surface area contributed by atoms with Gasteiger partial charge in [0.2, 0.25) is 0 Å². The molecule has 7 nitrogen and oxygen atoms in total. The lowest BCUT2D eigenvalue weighted by Gasteiger charge is -2.65. The van der Waals surface area contributed by atoms with Crippen molar-refractivity contribution in [3.05, 3.63) is 11.6 Å². The first-order valence-corrected chi connectivity index (χ1v) is 11.1. The molecular weight excluding hydrogens is 407 g/mol. The number of carbonyl (C=O) groups excluding carboxylic acids is 2. The molecule has 3 saturated carbocycles. The van der Waals surface area contributed by atoms with E-state index in [1.807, 2.05) is 0 Å². The number of rotatable bonds is 4. The lowest BCUT2D eigenvalue weighted by molar-refractivity contribution is -0.235. The number of carboxylic acid groups (broad SMARTS) is 1. The maximum atomic E-state index is 17.3. The van der Waals surface area contributed by atoms with Crippen LogP contribution in [0.25, 0.3) is 0 Å². The maximum Gasteiger partial charge on any atom is 0.303 e. The largest absolute Gasteiger partial charge is 0.481 e. The summed E-state index contributed by atoms with van der Waals surface area (Å²) in [5.41, 5.74) is -5.90. The molecule has 0 aromatic carbocycles. The summed E-state index contributed by atoms with van der Waals surface area (Å²) < 4.78 is 17.3. The summed E-state index contributed by atoms with van der Waals surface area (Å²) in [6.07, 6.45) is 0.439. The Balaban J connectivity index is 1.83. The van der Waals surface area contributed by atoms with E-state index in [0.29, 0.717) is 24.8 Å². The average molecular weight is 438 g/mol. The molecule has 0 radical (unpaired) electrons. The molecule has 4 N–H and O–H groups in total. The highest BCUT2D eigenvalue weighted by Crippen LogP contribution is 2.71. The van der Waals surface area contributed by atoms with Crippen molar-refractivity contribution >= 4 is 17.5 Å². The van der Waals surface area contributed by atoms with Gasteiger partial charge in [-0.1, -0.05) is 19.4 Å². The van der Waals surface area contributed by atoms with Gasteiger partial charge in [0.1, 0.15) is 17.9 Å². The van der Waals surface area contributed by atoms with Gasteiger partial charge in [-0.25, -0.2) is 4.39 Å². The van der Waals surface area contributed by atoms with Crippen molar-refractivity contribution in [3.8, 4) is 0 Å². The van der Waals surface area contributed by atoms with Crippen LogP contribution in [0.2, 0.25) is 0 Å². The molecule has 0 amide bonds. The van der Waals surface area contributed by atoms with E-state index in [0.717, 1.165) is 0 Å². The Morgan fingerprint density at radius 2 is 1.90 bits per heavy atom. The van der Waals surface area contributed by atoms with Gasteiger partial charge in [0.15, 0.2) is 11.6 Å². The number of Topliss-reactive ketones (excluding diaryl/α,β-unsaturated/α-hetero) is 1. The molecule has 0 aliphatic heterocycles. The molecule has 0 heterocycles. The second-order valence-corrected chi connectivity index (χ2v) is 10.5. The van der Waals surface area contributed by atoms with Gasteiger partial charge in [-0.2, -0.15) is 0 Å². The monoisotopic (exact) mass is 438 g/mol. The Labute approximate surface area is 180 Å². The van der Waals surface area contributed by atoms with Gasteiger partial charge >= 0.3 is 5.97 Å². The normalized spacial score (nSPS) is 49.0. The van der Waals surface area contributed by atoms with Gasteiger partial charge in [-0.3, -0.25) is 14.4 Å². The highest BCUT2D eigenvalue weighted by molar-refractivity contribution is 5.92. The first kappa shape index (κ1) is 22.6. The minimum absolute atomic E-state index is 0.0866. The van der Waals surface area contributed by atoms with E-state index >= 15 is 4.39 Å². The summed E-state index contributed by atoms with van der Waals surface area (Å²) in [6, 6.07) is 0. The van der Waals surface area contributed by atoms with E-state index in [2.05, 4.69) is 0 Å². The van der Waals surface area contributed by atoms with Crippen molar-refractivity contribution < 1.29 is 39.2 Å². The highest BCUT2D eigenvalue weighted by atomic mass is 19.1. The van der Waals surface area contributed by atoms with Gasteiger partial charge in [0.25, 0.3) is 0 Å². The molecule has 4 aliphatic carbocycles. The topological polar surface area (TPSA) is 132 Å². The first-order valence-electron chi connectivity index (χ1n) is 11.1. The molecule has 31 heavy (non-hydrogen) atoms. The van der Waals surface area contributed by atoms with Crippen LogP contribution in [-0.4, -0.2) is 61.9 Å². The van der Waals surface area contributed by atoms with Crippen LogP contribution in [0.1, 0.15) is 58.8 Å². The second kappa shape index (κ2) is 6.93. The molecule has 0 spiro atoms. The van der Waals surface area contributed by atoms with Crippen molar-refractivity contribution in [3.63, 3.8) is 0 Å². The number of alkyl halides is 1. The number of carbonyl (C=O) groups is 3. The molecule has 0 aromatic rings. The first-order chi connectivity index (χ1) is 14.4. The zero-order chi connectivity index (χ0) is 23.0. The molecule has 0 saturated heterocycles. The molecule has 4 rings (SSSR count). The Hall–Kier alpha value is -1.64. The number of fused-ring (bicyclic) bond motifs is 5. The van der Waals surface area contributed by atoms with Crippen LogP contribution in [-0.2, 0) is 14.4 Å². The fraction of sp³-hybridized carbons (Fsp3) is 0.783. The number of hydrogen-bond donors (Lipinski definition) is 4. The molecular formula is C23H31FO7. The molecule has 1 unspecified atom stereocenters. The van der Waals surface area contributed by atoms with Crippen molar-refractivity contribution in [2.75, 3.05) is 6.61 Å². The van der Waals surface area contributed by atoms with E-state index in [-0.39, 0.29) is 31.5 Å². The van der Waals surface area contributed by atoms with Crippen LogP contribution in [0.4, 0.5) is 4.39 Å². The van der Waals surface area contributed by atoms with Gasteiger partial charge < -0.3 is 20.4 Å². The van der Waals surface area contributed by atoms with Crippen LogP contribution in [0.5, 0.6) is 0 Å². The third kappa shape index (κ3) is 2.64. The number of aliphatic hydroxyl groups is 3. The average Bonchev–Trinajstić information content (AvgIpc) is 2.95. The second-order valence-electron chi connectivity index (χ2n) is 10.5. The van der Waals surface area contributed by atoms with Gasteiger partial charge in [-0.15, -0.1) is 0 Å². The Morgan fingerprint density at radius 3 is 2.52 bits per heavy atom. The number of ketones is 2. The van der Waals surface area contributed by atoms with Gasteiger partial charge in [0, 0.05) is 29.6 Å². The van der Waals surface area contributed by atoms with E-state index in [1.165, 1.54) is 6.08 Å². The SMILES string of the molecule is C[C@]12C[C@H](O)[C@@]3(F)[C@@H](CCC4=CC(=O)CC(CC(=O)O)[C@@]43C)[C@@H]1CC[C@]2(O)C(=O)CO. The number of aliphatic carboxylic acids is 1. The number of aliphatic hydroxyl groups excluding tert-OH is 2. The maximum absolute atomic E-state index is 17.3. The predicted octanol–water partition coefficient (Wildman–Crippen LogP) is 1.57. The van der Waals surface area contributed by atoms with Crippen LogP contribution < -0.4 is 0 Å². The van der Waals surface area contributed by atoms with Gasteiger partial charge in [0.05, 0.1) is 6.10 Å². The van der Waals surface area contributed by atoms with Crippen LogP contribution in [0.3, 0.4) is 0 Å². The molecule has 3 fully saturated rings. The van der Waals surface area contributed by atoms with Crippen molar-refractivity contribution in [1.29, 1.82) is 0 Å². The molecule has 172 valence electrons. The van der Waals surface area contributed by atoms with Crippen LogP contribution in [0.15, 0.2) is 11.6 Å². The quantitative estimate of drug-likeness (QED) is 0.524. The molecule has 4 aliphatic rings. The van der Waals surface area contributed by atoms with Crippen molar-refractivity contribution in [2.24, 2.45) is 28.6 Å². The molecule has 0 aromatic heterocycles. The van der Waals surface area contributed by atoms with Crippen LogP contribution >= 0.6 is 0 Å². The van der Waals surface area contributed by atoms with E-state index in [4.69, 9.17) is 0 Å². The van der Waals surface area contributed by atoms with E-state index in [1.54, 1.807) is 13.8 Å². The van der Waals surface area contributed by atoms with E-state index in [9.17, 15) is 34.8 Å². The predicted molar refractivity (Wildman–Crippen MR) is 107 cm³/mol. The fourth-order valence-corrected chi connectivity index (χ4v) is 7.86. The Morgan fingerprint density at radius 1 is 1.23 bits per heavy atom.